The lowest BCUT2D eigenvalue weighted by Gasteiger charge is -2.15. The van der Waals surface area contributed by atoms with E-state index in [1.54, 1.807) is 31.2 Å². The summed E-state index contributed by atoms with van der Waals surface area (Å²) in [5.41, 5.74) is 1.63. The number of anilines is 2. The number of nitrogens with one attached hydrogen (secondary N) is 2. The van der Waals surface area contributed by atoms with Gasteiger partial charge in [0.25, 0.3) is 11.5 Å². The van der Waals surface area contributed by atoms with E-state index < -0.39 is 12.1 Å². The van der Waals surface area contributed by atoms with Crippen molar-refractivity contribution in [2.75, 3.05) is 17.2 Å². The van der Waals surface area contributed by atoms with E-state index in [9.17, 15) is 18.8 Å². The molecule has 3 rings (SSSR count). The lowest BCUT2D eigenvalue weighted by Crippen LogP contribution is -2.18. The monoisotopic (exact) mass is 426 g/mol. The van der Waals surface area contributed by atoms with Gasteiger partial charge in [-0.05, 0) is 44.5 Å². The molecule has 0 aliphatic carbocycles. The highest BCUT2D eigenvalue weighted by molar-refractivity contribution is 6.10. The molecule has 1 aromatic carbocycles. The molecule has 0 spiro atoms. The van der Waals surface area contributed by atoms with Crippen LogP contribution in [0.3, 0.4) is 0 Å². The van der Waals surface area contributed by atoms with Crippen LogP contribution in [-0.2, 0) is 7.05 Å². The number of halogens is 1. The van der Waals surface area contributed by atoms with E-state index in [1.807, 2.05) is 6.92 Å². The van der Waals surface area contributed by atoms with Crippen LogP contribution in [0.25, 0.3) is 11.1 Å². The Labute approximate surface area is 178 Å². The third-order valence-corrected chi connectivity index (χ3v) is 4.74. The summed E-state index contributed by atoms with van der Waals surface area (Å²) in [5.74, 6) is -0.0304. The smallest absolute Gasteiger partial charge is 0.290 e. The number of carbonyl (C=O) groups is 2. The fourth-order valence-electron chi connectivity index (χ4n) is 3.26. The summed E-state index contributed by atoms with van der Waals surface area (Å²) in [5, 5.41) is 5.69. The van der Waals surface area contributed by atoms with Crippen molar-refractivity contribution in [1.82, 2.24) is 9.72 Å². The van der Waals surface area contributed by atoms with E-state index in [0.29, 0.717) is 35.4 Å². The van der Waals surface area contributed by atoms with Crippen LogP contribution in [0.2, 0.25) is 0 Å². The highest BCUT2D eigenvalue weighted by Gasteiger charge is 2.20. The maximum atomic E-state index is 13.8. The topological polar surface area (TPSA) is 106 Å². The first-order chi connectivity index (χ1) is 14.8. The first-order valence-corrected chi connectivity index (χ1v) is 9.73. The van der Waals surface area contributed by atoms with Crippen LogP contribution in [0.1, 0.15) is 52.3 Å². The van der Waals surface area contributed by atoms with Gasteiger partial charge in [-0.15, -0.1) is 0 Å². The predicted molar refractivity (Wildman–Crippen MR) is 115 cm³/mol. The van der Waals surface area contributed by atoms with E-state index >= 15 is 0 Å². The molecule has 1 amide bonds. The Hall–Kier alpha value is -3.75. The summed E-state index contributed by atoms with van der Waals surface area (Å²) >= 11 is 0. The Morgan fingerprint density at radius 1 is 1.32 bits per heavy atom. The molecule has 2 N–H and O–H groups in total. The molecule has 1 unspecified atom stereocenters. The second-order valence-corrected chi connectivity index (χ2v) is 6.98. The Morgan fingerprint density at radius 2 is 2.00 bits per heavy atom. The number of carbonyl (C=O) groups excluding carboxylic acids is 2. The number of pyridine rings is 1. The van der Waals surface area contributed by atoms with Gasteiger partial charge >= 0.3 is 0 Å². The first kappa shape index (κ1) is 21.9. The van der Waals surface area contributed by atoms with Crippen LogP contribution in [0.15, 0.2) is 39.6 Å². The fourth-order valence-corrected chi connectivity index (χ4v) is 3.26. The lowest BCUT2D eigenvalue weighted by atomic mass is 10.1. The van der Waals surface area contributed by atoms with Gasteiger partial charge in [-0.1, -0.05) is 12.1 Å². The molecule has 0 aliphatic rings. The van der Waals surface area contributed by atoms with Crippen molar-refractivity contribution in [3.05, 3.63) is 63.4 Å². The zero-order valence-electron chi connectivity index (χ0n) is 17.7. The third kappa shape index (κ3) is 4.40. The molecule has 8 nitrogen and oxygen atoms in total. The largest absolute Gasteiger partial charge is 0.383 e. The number of benzene rings is 1. The minimum absolute atomic E-state index is 0.00414. The van der Waals surface area contributed by atoms with Crippen LogP contribution < -0.4 is 16.2 Å². The average Bonchev–Trinajstić information content (AvgIpc) is 3.00. The maximum absolute atomic E-state index is 13.8. The second-order valence-electron chi connectivity index (χ2n) is 6.98. The van der Waals surface area contributed by atoms with Gasteiger partial charge in [-0.25, -0.2) is 9.37 Å². The molecule has 9 heteroatoms. The molecule has 0 radical (unpaired) electrons. The SMILES string of the molecule is CCNc1c(C(=O)Nc2ccc(-c3c(C)on(C)c3=O)cc2)cc(C(C)F)nc1C=O. The molecule has 0 saturated heterocycles. The standard InChI is InChI=1S/C22H23FN4O4/c1-5-24-20-16(10-17(12(2)23)26-18(20)11-28)21(29)25-15-8-6-14(7-9-15)19-13(3)31-27(4)22(19)30/h6-12,24H,5H2,1-4H3,(H,25,29). The van der Waals surface area contributed by atoms with Crippen LogP contribution >= 0.6 is 0 Å². The van der Waals surface area contributed by atoms with E-state index in [4.69, 9.17) is 4.52 Å². The van der Waals surface area contributed by atoms with Gasteiger partial charge in [0.15, 0.2) is 6.29 Å². The molecule has 2 heterocycles. The quantitative estimate of drug-likeness (QED) is 0.556. The van der Waals surface area contributed by atoms with Crippen molar-refractivity contribution < 1.29 is 18.5 Å². The number of nitrogens with zero attached hydrogens (tertiary/aromatic N) is 2. The number of hydrogen-bond donors (Lipinski definition) is 2. The summed E-state index contributed by atoms with van der Waals surface area (Å²) in [6, 6.07) is 8.01. The van der Waals surface area contributed by atoms with Gasteiger partial charge in [-0.3, -0.25) is 14.4 Å². The number of aryl methyl sites for hydroxylation is 2. The van der Waals surface area contributed by atoms with Crippen molar-refractivity contribution in [2.24, 2.45) is 7.05 Å². The molecule has 0 saturated carbocycles. The van der Waals surface area contributed by atoms with Gasteiger partial charge in [0.1, 0.15) is 17.6 Å². The minimum Gasteiger partial charge on any atom is -0.383 e. The molecule has 162 valence electrons. The number of amides is 1. The third-order valence-electron chi connectivity index (χ3n) is 4.74. The fraction of sp³-hybridized carbons (Fsp3) is 0.273. The van der Waals surface area contributed by atoms with E-state index in [2.05, 4.69) is 15.6 Å². The Morgan fingerprint density at radius 3 is 2.52 bits per heavy atom. The predicted octanol–water partition coefficient (Wildman–Crippen LogP) is 3.88. The van der Waals surface area contributed by atoms with Crippen molar-refractivity contribution in [3.63, 3.8) is 0 Å². The van der Waals surface area contributed by atoms with Crippen molar-refractivity contribution in [1.29, 1.82) is 0 Å². The molecule has 3 aromatic rings. The molecule has 2 aromatic heterocycles. The highest BCUT2D eigenvalue weighted by atomic mass is 19.1. The van der Waals surface area contributed by atoms with Crippen LogP contribution in [-0.4, -0.2) is 28.5 Å². The number of rotatable bonds is 7. The summed E-state index contributed by atoms with van der Waals surface area (Å²) < 4.78 is 20.3. The van der Waals surface area contributed by atoms with E-state index in [1.165, 1.54) is 20.0 Å². The normalized spacial score (nSPS) is 11.8. The van der Waals surface area contributed by atoms with E-state index in [0.717, 1.165) is 4.74 Å². The molecule has 0 bridgehead atoms. The molecular weight excluding hydrogens is 403 g/mol. The second kappa shape index (κ2) is 8.95. The summed E-state index contributed by atoms with van der Waals surface area (Å²) in [6.45, 7) is 5.24. The Bertz CT molecular complexity index is 1180. The van der Waals surface area contributed by atoms with Crippen molar-refractivity contribution >= 4 is 23.6 Å². The number of aromatic nitrogens is 2. The van der Waals surface area contributed by atoms with Gasteiger partial charge in [0, 0.05) is 19.3 Å². The summed E-state index contributed by atoms with van der Waals surface area (Å²) in [6.07, 6.45) is -0.954. The molecule has 0 fully saturated rings. The van der Waals surface area contributed by atoms with E-state index in [-0.39, 0.29) is 28.2 Å². The van der Waals surface area contributed by atoms with Crippen molar-refractivity contribution in [2.45, 2.75) is 26.9 Å². The minimum atomic E-state index is -1.44. The highest BCUT2D eigenvalue weighted by Crippen LogP contribution is 2.26. The van der Waals surface area contributed by atoms with Gasteiger partial charge in [-0.2, -0.15) is 4.74 Å². The lowest BCUT2D eigenvalue weighted by molar-refractivity contribution is 0.102. The summed E-state index contributed by atoms with van der Waals surface area (Å²) in [4.78, 5) is 40.6. The molecule has 1 atom stereocenters. The van der Waals surface area contributed by atoms with Crippen LogP contribution in [0.5, 0.6) is 0 Å². The number of aldehydes is 1. The van der Waals surface area contributed by atoms with Crippen molar-refractivity contribution in [3.8, 4) is 11.1 Å². The molecular formula is C22H23FN4O4. The van der Waals surface area contributed by atoms with Gasteiger partial charge in [0.05, 0.1) is 22.5 Å². The number of hydrogen-bond acceptors (Lipinski definition) is 6. The van der Waals surface area contributed by atoms with Crippen LogP contribution in [0, 0.1) is 6.92 Å². The molecule has 31 heavy (non-hydrogen) atoms. The van der Waals surface area contributed by atoms with Gasteiger partial charge < -0.3 is 15.2 Å². The molecule has 0 aliphatic heterocycles. The zero-order chi connectivity index (χ0) is 22.7. The Balaban J connectivity index is 1.93. The Kier molecular flexibility index (Phi) is 6.33. The maximum Gasteiger partial charge on any atom is 0.290 e. The van der Waals surface area contributed by atoms with Gasteiger partial charge in [0.2, 0.25) is 0 Å². The summed E-state index contributed by atoms with van der Waals surface area (Å²) in [7, 11) is 1.53. The van der Waals surface area contributed by atoms with Crippen LogP contribution in [0.4, 0.5) is 15.8 Å². The zero-order valence-corrected chi connectivity index (χ0v) is 17.7. The number of alkyl halides is 1. The first-order valence-electron chi connectivity index (χ1n) is 9.73. The average molecular weight is 426 g/mol.